The van der Waals surface area contributed by atoms with E-state index >= 15 is 0 Å². The van der Waals surface area contributed by atoms with E-state index in [9.17, 15) is 21.6 Å². The Morgan fingerprint density at radius 3 is 2.57 bits per heavy atom. The summed E-state index contributed by atoms with van der Waals surface area (Å²) in [7, 11) is -4.02. The van der Waals surface area contributed by atoms with Crippen LogP contribution in [0.2, 0.25) is 0 Å². The summed E-state index contributed by atoms with van der Waals surface area (Å²) >= 11 is 0. The van der Waals surface area contributed by atoms with E-state index in [1.54, 1.807) is 6.92 Å². The number of aromatic nitrogens is 3. The molecule has 0 aliphatic carbocycles. The van der Waals surface area contributed by atoms with Gasteiger partial charge in [0, 0.05) is 6.07 Å². The van der Waals surface area contributed by atoms with Gasteiger partial charge in [0.05, 0.1) is 0 Å². The molecule has 2 aromatic rings. The van der Waals surface area contributed by atoms with Crippen LogP contribution >= 0.6 is 0 Å². The highest BCUT2D eigenvalue weighted by molar-refractivity contribution is 7.92. The molecule has 2 aromatic heterocycles. The summed E-state index contributed by atoms with van der Waals surface area (Å²) in [6.07, 6.45) is -3.68. The summed E-state index contributed by atoms with van der Waals surface area (Å²) in [6, 6.07) is 1.30. The zero-order chi connectivity index (χ0) is 15.8. The monoisotopic (exact) mass is 324 g/mol. The van der Waals surface area contributed by atoms with Gasteiger partial charge in [-0.05, 0) is 13.8 Å². The van der Waals surface area contributed by atoms with Gasteiger partial charge in [-0.3, -0.25) is 0 Å². The molecular weight excluding hydrogens is 313 g/mol. The Hall–Kier alpha value is -2.04. The number of furan rings is 1. The Morgan fingerprint density at radius 1 is 1.38 bits per heavy atom. The summed E-state index contributed by atoms with van der Waals surface area (Å²) < 4.78 is 68.2. The number of sulfonamides is 1. The highest BCUT2D eigenvalue weighted by Crippen LogP contribution is 2.21. The first kappa shape index (κ1) is 15.4. The quantitative estimate of drug-likeness (QED) is 0.927. The third-order valence-electron chi connectivity index (χ3n) is 2.39. The number of nitrogens with zero attached hydrogens (tertiary/aromatic N) is 3. The summed E-state index contributed by atoms with van der Waals surface area (Å²) in [6.45, 7) is 1.67. The molecule has 0 radical (unpaired) electrons. The topological polar surface area (TPSA) is 90.0 Å². The van der Waals surface area contributed by atoms with Crippen molar-refractivity contribution in [3.8, 4) is 0 Å². The van der Waals surface area contributed by atoms with Crippen LogP contribution in [0.4, 0.5) is 19.1 Å². The number of nitrogens with one attached hydrogen (secondary N) is 1. The van der Waals surface area contributed by atoms with Crippen LogP contribution in [0, 0.1) is 13.8 Å². The largest absolute Gasteiger partial charge is 0.465 e. The Bertz CT molecular complexity index is 748. The summed E-state index contributed by atoms with van der Waals surface area (Å²) in [5.74, 6) is 0.107. The van der Waals surface area contributed by atoms with Gasteiger partial charge in [-0.15, -0.1) is 5.10 Å². The number of anilines is 1. The van der Waals surface area contributed by atoms with E-state index in [-0.39, 0.29) is 10.7 Å². The average Bonchev–Trinajstić information content (AvgIpc) is 2.83. The van der Waals surface area contributed by atoms with Crippen LogP contribution in [0.1, 0.15) is 11.5 Å². The molecule has 0 unspecified atom stereocenters. The van der Waals surface area contributed by atoms with E-state index in [1.165, 1.54) is 13.0 Å². The van der Waals surface area contributed by atoms with E-state index in [2.05, 4.69) is 10.1 Å². The molecule has 1 N–H and O–H groups in total. The Kier molecular flexibility index (Phi) is 3.70. The maximum atomic E-state index is 12.2. The molecule has 2 rings (SSSR count). The van der Waals surface area contributed by atoms with Gasteiger partial charge >= 0.3 is 6.18 Å². The lowest BCUT2D eigenvalue weighted by molar-refractivity contribution is -0.142. The van der Waals surface area contributed by atoms with E-state index in [4.69, 9.17) is 4.42 Å². The van der Waals surface area contributed by atoms with Gasteiger partial charge in [0.1, 0.15) is 29.3 Å². The van der Waals surface area contributed by atoms with Crippen molar-refractivity contribution in [2.45, 2.75) is 31.5 Å². The molecule has 21 heavy (non-hydrogen) atoms. The molecule has 0 saturated heterocycles. The van der Waals surface area contributed by atoms with Crippen LogP contribution in [0.5, 0.6) is 0 Å². The first-order valence-electron chi connectivity index (χ1n) is 5.63. The fourth-order valence-electron chi connectivity index (χ4n) is 1.65. The first-order chi connectivity index (χ1) is 9.57. The van der Waals surface area contributed by atoms with Crippen molar-refractivity contribution in [2.24, 2.45) is 0 Å². The standard InChI is InChI=1S/C10H11F3N4O3S/c1-6-3-8(7(2)20-6)21(18,19)16-9-14-5-17(15-9)4-10(11,12)13/h3,5H,4H2,1-2H3,(H,15,16). The van der Waals surface area contributed by atoms with Crippen molar-refractivity contribution in [3.63, 3.8) is 0 Å². The van der Waals surface area contributed by atoms with Crippen LogP contribution in [0.15, 0.2) is 21.7 Å². The van der Waals surface area contributed by atoms with Crippen LogP contribution < -0.4 is 4.72 Å². The molecule has 0 bridgehead atoms. The van der Waals surface area contributed by atoms with Gasteiger partial charge in [-0.1, -0.05) is 0 Å². The number of alkyl halides is 3. The van der Waals surface area contributed by atoms with E-state index < -0.39 is 28.7 Å². The lowest BCUT2D eigenvalue weighted by Crippen LogP contribution is -2.19. The van der Waals surface area contributed by atoms with Gasteiger partial charge in [-0.2, -0.15) is 18.2 Å². The van der Waals surface area contributed by atoms with Crippen LogP contribution in [0.25, 0.3) is 0 Å². The molecule has 0 fully saturated rings. The summed E-state index contributed by atoms with van der Waals surface area (Å²) in [5, 5.41) is 3.41. The maximum absolute atomic E-state index is 12.2. The number of halogens is 3. The van der Waals surface area contributed by atoms with Crippen molar-refractivity contribution < 1.29 is 26.0 Å². The van der Waals surface area contributed by atoms with Crippen LogP contribution in [0.3, 0.4) is 0 Å². The minimum atomic E-state index is -4.47. The zero-order valence-electron chi connectivity index (χ0n) is 11.0. The van der Waals surface area contributed by atoms with Crippen LogP contribution in [-0.2, 0) is 16.6 Å². The van der Waals surface area contributed by atoms with Crippen molar-refractivity contribution >= 4 is 16.0 Å². The molecule has 11 heteroatoms. The number of rotatable bonds is 4. The van der Waals surface area contributed by atoms with Crippen molar-refractivity contribution in [1.29, 1.82) is 0 Å². The van der Waals surface area contributed by atoms with Gasteiger partial charge < -0.3 is 4.42 Å². The fourth-order valence-corrected chi connectivity index (χ4v) is 2.84. The summed E-state index contributed by atoms with van der Waals surface area (Å²) in [4.78, 5) is 3.36. The summed E-state index contributed by atoms with van der Waals surface area (Å²) in [5.41, 5.74) is 0. The Labute approximate surface area is 117 Å². The van der Waals surface area contributed by atoms with Gasteiger partial charge in [-0.25, -0.2) is 17.8 Å². The minimum Gasteiger partial charge on any atom is -0.465 e. The molecular formula is C10H11F3N4O3S. The Morgan fingerprint density at radius 2 is 2.05 bits per heavy atom. The molecule has 0 saturated carbocycles. The molecule has 0 aliphatic heterocycles. The third-order valence-corrected chi connectivity index (χ3v) is 3.82. The number of hydrogen-bond donors (Lipinski definition) is 1. The fraction of sp³-hybridized carbons (Fsp3) is 0.400. The van der Waals surface area contributed by atoms with Crippen molar-refractivity contribution in [3.05, 3.63) is 23.9 Å². The minimum absolute atomic E-state index is 0.118. The second kappa shape index (κ2) is 5.06. The average molecular weight is 324 g/mol. The second-order valence-corrected chi connectivity index (χ2v) is 5.91. The lowest BCUT2D eigenvalue weighted by atomic mass is 10.4. The smallest absolute Gasteiger partial charge is 0.408 e. The molecule has 0 aromatic carbocycles. The first-order valence-corrected chi connectivity index (χ1v) is 7.11. The molecule has 0 aliphatic rings. The Balaban J connectivity index is 2.20. The SMILES string of the molecule is Cc1cc(S(=O)(=O)Nc2ncn(CC(F)(F)F)n2)c(C)o1. The maximum Gasteiger partial charge on any atom is 0.408 e. The number of aryl methyl sites for hydroxylation is 2. The van der Waals surface area contributed by atoms with Crippen LogP contribution in [-0.4, -0.2) is 29.4 Å². The van der Waals surface area contributed by atoms with Gasteiger partial charge in [0.2, 0.25) is 0 Å². The lowest BCUT2D eigenvalue weighted by Gasteiger charge is -2.05. The van der Waals surface area contributed by atoms with E-state index in [0.29, 0.717) is 10.4 Å². The van der Waals surface area contributed by atoms with Crippen molar-refractivity contribution in [1.82, 2.24) is 14.8 Å². The third kappa shape index (κ3) is 3.74. The zero-order valence-corrected chi connectivity index (χ0v) is 11.8. The molecule has 0 atom stereocenters. The number of hydrogen-bond acceptors (Lipinski definition) is 5. The molecule has 2 heterocycles. The molecule has 7 nitrogen and oxygen atoms in total. The highest BCUT2D eigenvalue weighted by atomic mass is 32.2. The molecule has 0 spiro atoms. The molecule has 116 valence electrons. The molecule has 0 amide bonds. The normalized spacial score (nSPS) is 12.6. The van der Waals surface area contributed by atoms with Gasteiger partial charge in [0.25, 0.3) is 16.0 Å². The highest BCUT2D eigenvalue weighted by Gasteiger charge is 2.29. The van der Waals surface area contributed by atoms with E-state index in [1.807, 2.05) is 4.72 Å². The van der Waals surface area contributed by atoms with E-state index in [0.717, 1.165) is 6.33 Å². The predicted molar refractivity (Wildman–Crippen MR) is 65.1 cm³/mol. The second-order valence-electron chi connectivity index (χ2n) is 4.26. The predicted octanol–water partition coefficient (Wildman–Crippen LogP) is 1.85. The van der Waals surface area contributed by atoms with Crippen molar-refractivity contribution in [2.75, 3.05) is 4.72 Å². The van der Waals surface area contributed by atoms with Gasteiger partial charge in [0.15, 0.2) is 0 Å².